The van der Waals surface area contributed by atoms with E-state index in [9.17, 15) is 0 Å². The van der Waals surface area contributed by atoms with E-state index in [-0.39, 0.29) is 29.4 Å². The summed E-state index contributed by atoms with van der Waals surface area (Å²) in [4.78, 5) is 4.31. The number of hydrogen-bond donors (Lipinski definition) is 2. The summed E-state index contributed by atoms with van der Waals surface area (Å²) in [5.41, 5.74) is 2.29. The van der Waals surface area contributed by atoms with Crippen LogP contribution in [0.4, 0.5) is 0 Å². The average Bonchev–Trinajstić information content (AvgIpc) is 2.68. The minimum absolute atomic E-state index is 0. The molecule has 0 saturated heterocycles. The van der Waals surface area contributed by atoms with Gasteiger partial charge in [0.25, 0.3) is 0 Å². The van der Waals surface area contributed by atoms with E-state index >= 15 is 0 Å². The molecule has 0 spiro atoms. The average molecular weight is 483 g/mol. The Morgan fingerprint density at radius 1 is 0.963 bits per heavy atom. The Labute approximate surface area is 179 Å². The second-order valence-electron chi connectivity index (χ2n) is 6.75. The Morgan fingerprint density at radius 2 is 1.59 bits per heavy atom. The highest BCUT2D eigenvalue weighted by Crippen LogP contribution is 2.25. The SMILES string of the molecule is CN=C(NCc1cccc(OC)c1)NCC(C)(C)c1cccc(OC)c1.I. The summed E-state index contributed by atoms with van der Waals surface area (Å²) >= 11 is 0. The first-order valence-corrected chi connectivity index (χ1v) is 8.70. The van der Waals surface area contributed by atoms with Crippen molar-refractivity contribution in [2.24, 2.45) is 4.99 Å². The molecular formula is C21H30IN3O2. The van der Waals surface area contributed by atoms with Gasteiger partial charge in [0.1, 0.15) is 11.5 Å². The lowest BCUT2D eigenvalue weighted by Crippen LogP contribution is -2.43. The standard InChI is InChI=1S/C21H29N3O2.HI/c1-21(2,17-9-7-11-19(13-17)26-5)15-24-20(22-3)23-14-16-8-6-10-18(12-16)25-4;/h6-13H,14-15H2,1-5H3,(H2,22,23,24);1H. The zero-order valence-corrected chi connectivity index (χ0v) is 19.0. The molecule has 2 aromatic carbocycles. The van der Waals surface area contributed by atoms with E-state index in [2.05, 4.69) is 47.7 Å². The number of halogens is 1. The molecular weight excluding hydrogens is 453 g/mol. The van der Waals surface area contributed by atoms with Crippen molar-refractivity contribution in [3.63, 3.8) is 0 Å². The fraction of sp³-hybridized carbons (Fsp3) is 0.381. The summed E-state index contributed by atoms with van der Waals surface area (Å²) in [5, 5.41) is 6.75. The fourth-order valence-electron chi connectivity index (χ4n) is 2.64. The van der Waals surface area contributed by atoms with Crippen LogP contribution in [-0.2, 0) is 12.0 Å². The first kappa shape index (κ1) is 23.1. The molecule has 2 N–H and O–H groups in total. The molecule has 6 heteroatoms. The van der Waals surface area contributed by atoms with Gasteiger partial charge in [-0.15, -0.1) is 24.0 Å². The number of rotatable bonds is 7. The lowest BCUT2D eigenvalue weighted by atomic mass is 9.84. The van der Waals surface area contributed by atoms with Crippen molar-refractivity contribution < 1.29 is 9.47 Å². The van der Waals surface area contributed by atoms with Crippen LogP contribution in [0.15, 0.2) is 53.5 Å². The zero-order valence-electron chi connectivity index (χ0n) is 16.7. The molecule has 0 atom stereocenters. The Kier molecular flexibility index (Phi) is 9.41. The molecule has 0 fully saturated rings. The Balaban J connectivity index is 0.00000364. The molecule has 27 heavy (non-hydrogen) atoms. The van der Waals surface area contributed by atoms with Crippen LogP contribution in [0.3, 0.4) is 0 Å². The number of ether oxygens (including phenoxy) is 2. The van der Waals surface area contributed by atoms with Gasteiger partial charge in [0.2, 0.25) is 0 Å². The number of aliphatic imine (C=N–C) groups is 1. The van der Waals surface area contributed by atoms with Crippen molar-refractivity contribution >= 4 is 29.9 Å². The van der Waals surface area contributed by atoms with Crippen LogP contribution in [0.25, 0.3) is 0 Å². The molecule has 0 unspecified atom stereocenters. The van der Waals surface area contributed by atoms with Crippen LogP contribution >= 0.6 is 24.0 Å². The third kappa shape index (κ3) is 6.93. The smallest absolute Gasteiger partial charge is 0.191 e. The molecule has 5 nitrogen and oxygen atoms in total. The molecule has 0 aliphatic heterocycles. The van der Waals surface area contributed by atoms with Crippen molar-refractivity contribution in [2.75, 3.05) is 27.8 Å². The van der Waals surface area contributed by atoms with E-state index < -0.39 is 0 Å². The van der Waals surface area contributed by atoms with Crippen LogP contribution in [0.5, 0.6) is 11.5 Å². The van der Waals surface area contributed by atoms with Gasteiger partial charge in [0.05, 0.1) is 14.2 Å². The minimum Gasteiger partial charge on any atom is -0.497 e. The number of benzene rings is 2. The summed E-state index contributed by atoms with van der Waals surface area (Å²) in [6.07, 6.45) is 0. The maximum absolute atomic E-state index is 5.34. The maximum atomic E-state index is 5.34. The Hall–Kier alpha value is -1.96. The fourth-order valence-corrected chi connectivity index (χ4v) is 2.64. The van der Waals surface area contributed by atoms with Gasteiger partial charge < -0.3 is 20.1 Å². The number of methoxy groups -OCH3 is 2. The first-order valence-electron chi connectivity index (χ1n) is 8.70. The van der Waals surface area contributed by atoms with Crippen molar-refractivity contribution in [2.45, 2.75) is 25.8 Å². The molecule has 148 valence electrons. The molecule has 2 aromatic rings. The van der Waals surface area contributed by atoms with Crippen LogP contribution in [0.2, 0.25) is 0 Å². The highest BCUT2D eigenvalue weighted by molar-refractivity contribution is 14.0. The van der Waals surface area contributed by atoms with Gasteiger partial charge in [-0.3, -0.25) is 4.99 Å². The highest BCUT2D eigenvalue weighted by Gasteiger charge is 2.21. The van der Waals surface area contributed by atoms with Gasteiger partial charge in [0.15, 0.2) is 5.96 Å². The number of nitrogens with zero attached hydrogens (tertiary/aromatic N) is 1. The molecule has 0 aliphatic carbocycles. The summed E-state index contributed by atoms with van der Waals surface area (Å²) in [6.45, 7) is 5.82. The Morgan fingerprint density at radius 3 is 2.22 bits per heavy atom. The largest absolute Gasteiger partial charge is 0.497 e. The second-order valence-corrected chi connectivity index (χ2v) is 6.75. The van der Waals surface area contributed by atoms with Gasteiger partial charge in [-0.1, -0.05) is 38.1 Å². The summed E-state index contributed by atoms with van der Waals surface area (Å²) in [7, 11) is 5.14. The van der Waals surface area contributed by atoms with Gasteiger partial charge in [-0.2, -0.15) is 0 Å². The van der Waals surface area contributed by atoms with Crippen molar-refractivity contribution in [3.05, 3.63) is 59.7 Å². The van der Waals surface area contributed by atoms with E-state index in [1.54, 1.807) is 21.3 Å². The quantitative estimate of drug-likeness (QED) is 0.356. The predicted octanol–water partition coefficient (Wildman–Crippen LogP) is 3.96. The molecule has 0 aromatic heterocycles. The molecule has 0 heterocycles. The topological polar surface area (TPSA) is 54.9 Å². The highest BCUT2D eigenvalue weighted by atomic mass is 127. The normalized spacial score (nSPS) is 11.4. The van der Waals surface area contributed by atoms with E-state index in [4.69, 9.17) is 9.47 Å². The van der Waals surface area contributed by atoms with Gasteiger partial charge >= 0.3 is 0 Å². The van der Waals surface area contributed by atoms with Gasteiger partial charge in [-0.25, -0.2) is 0 Å². The summed E-state index contributed by atoms with van der Waals surface area (Å²) in [6, 6.07) is 16.2. The number of guanidine groups is 1. The zero-order chi connectivity index (χ0) is 19.0. The molecule has 2 rings (SSSR count). The number of nitrogens with one attached hydrogen (secondary N) is 2. The van der Waals surface area contributed by atoms with Crippen LogP contribution < -0.4 is 20.1 Å². The molecule has 0 saturated carbocycles. The Bertz CT molecular complexity index is 748. The second kappa shape index (κ2) is 11.0. The van der Waals surface area contributed by atoms with Gasteiger partial charge in [-0.05, 0) is 35.4 Å². The third-order valence-electron chi connectivity index (χ3n) is 4.37. The lowest BCUT2D eigenvalue weighted by molar-refractivity contribution is 0.411. The van der Waals surface area contributed by atoms with Crippen LogP contribution in [0.1, 0.15) is 25.0 Å². The minimum atomic E-state index is -0.0673. The summed E-state index contributed by atoms with van der Waals surface area (Å²) < 4.78 is 10.6. The monoisotopic (exact) mass is 483 g/mol. The maximum Gasteiger partial charge on any atom is 0.191 e. The van der Waals surface area contributed by atoms with Crippen molar-refractivity contribution in [1.82, 2.24) is 10.6 Å². The van der Waals surface area contributed by atoms with Crippen molar-refractivity contribution in [3.8, 4) is 11.5 Å². The first-order chi connectivity index (χ1) is 12.5. The summed E-state index contributed by atoms with van der Waals surface area (Å²) in [5.74, 6) is 2.49. The third-order valence-corrected chi connectivity index (χ3v) is 4.37. The van der Waals surface area contributed by atoms with Gasteiger partial charge in [0, 0.05) is 25.6 Å². The molecule has 0 bridgehead atoms. The lowest BCUT2D eigenvalue weighted by Gasteiger charge is -2.27. The molecule has 0 aliphatic rings. The van der Waals surface area contributed by atoms with E-state index in [0.29, 0.717) is 6.54 Å². The molecule has 0 radical (unpaired) electrons. The van der Waals surface area contributed by atoms with E-state index in [1.807, 2.05) is 30.3 Å². The predicted molar refractivity (Wildman–Crippen MR) is 123 cm³/mol. The molecule has 0 amide bonds. The van der Waals surface area contributed by atoms with Crippen molar-refractivity contribution in [1.29, 1.82) is 0 Å². The van der Waals surface area contributed by atoms with Crippen LogP contribution in [-0.4, -0.2) is 33.8 Å². The van der Waals surface area contributed by atoms with E-state index in [0.717, 1.165) is 29.6 Å². The van der Waals surface area contributed by atoms with Crippen LogP contribution in [0, 0.1) is 0 Å². The number of hydrogen-bond acceptors (Lipinski definition) is 3. The van der Waals surface area contributed by atoms with E-state index in [1.165, 1.54) is 5.56 Å².